The average molecular weight is 363 g/mol. The van der Waals surface area contributed by atoms with Crippen molar-refractivity contribution in [1.82, 2.24) is 0 Å². The van der Waals surface area contributed by atoms with E-state index in [1.54, 1.807) is 0 Å². The van der Waals surface area contributed by atoms with Crippen LogP contribution in [0.2, 0.25) is 0 Å². The van der Waals surface area contributed by atoms with Crippen LogP contribution in [0.5, 0.6) is 0 Å². The van der Waals surface area contributed by atoms with Crippen molar-refractivity contribution in [2.45, 2.75) is 32.1 Å². The maximum Gasteiger partial charge on any atom is 0.113 e. The lowest BCUT2D eigenvalue weighted by molar-refractivity contribution is 0.703. The van der Waals surface area contributed by atoms with Crippen LogP contribution in [0.25, 0.3) is 6.08 Å². The first kappa shape index (κ1) is 17.6. The molecule has 0 saturated heterocycles. The van der Waals surface area contributed by atoms with Crippen LogP contribution < -0.4 is 5.46 Å². The molecule has 2 rings (SSSR count). The normalized spacial score (nSPS) is 10.5. The Kier molecular flexibility index (Phi) is 7.77. The van der Waals surface area contributed by atoms with Gasteiger partial charge >= 0.3 is 0 Å². The van der Waals surface area contributed by atoms with Gasteiger partial charge in [0.15, 0.2) is 0 Å². The molecule has 0 aliphatic rings. The molecule has 0 heterocycles. The molecular formula is C21H20BBr. The van der Waals surface area contributed by atoms with Gasteiger partial charge in [0.1, 0.15) is 7.85 Å². The van der Waals surface area contributed by atoms with Gasteiger partial charge in [-0.25, -0.2) is 0 Å². The van der Waals surface area contributed by atoms with Crippen LogP contribution in [0.1, 0.15) is 43.2 Å². The van der Waals surface area contributed by atoms with Crippen molar-refractivity contribution in [1.29, 1.82) is 0 Å². The Hall–Kier alpha value is -1.72. The molecule has 0 spiro atoms. The van der Waals surface area contributed by atoms with Crippen LogP contribution in [0.15, 0.2) is 59.1 Å². The van der Waals surface area contributed by atoms with Crippen molar-refractivity contribution >= 4 is 35.3 Å². The molecule has 2 radical (unpaired) electrons. The first-order valence-electron chi connectivity index (χ1n) is 8.00. The molecule has 2 aromatic rings. The summed E-state index contributed by atoms with van der Waals surface area (Å²) in [6.07, 6.45) is 10.1. The second kappa shape index (κ2) is 10.1. The second-order valence-electron chi connectivity index (χ2n) is 5.48. The predicted octanol–water partition coefficient (Wildman–Crippen LogP) is 5.26. The number of unbranched alkanes of at least 4 members (excludes halogenated alkanes) is 4. The summed E-state index contributed by atoms with van der Waals surface area (Å²) in [5.74, 6) is 6.41. The molecule has 0 saturated carbocycles. The van der Waals surface area contributed by atoms with E-state index in [1.165, 1.54) is 18.4 Å². The van der Waals surface area contributed by atoms with Gasteiger partial charge in [-0.15, -0.1) is 0 Å². The lowest BCUT2D eigenvalue weighted by Crippen LogP contribution is -1.99. The predicted molar refractivity (Wildman–Crippen MR) is 105 cm³/mol. The molecule has 0 unspecified atom stereocenters. The highest BCUT2D eigenvalue weighted by molar-refractivity contribution is 9.10. The molecule has 0 fully saturated rings. The fourth-order valence-corrected chi connectivity index (χ4v) is 2.44. The van der Waals surface area contributed by atoms with E-state index in [0.717, 1.165) is 34.8 Å². The minimum absolute atomic E-state index is 0.784. The van der Waals surface area contributed by atoms with Gasteiger partial charge in [0.2, 0.25) is 0 Å². The number of benzene rings is 2. The molecule has 0 aromatic heterocycles. The molecule has 0 atom stereocenters. The lowest BCUT2D eigenvalue weighted by Gasteiger charge is -1.96. The van der Waals surface area contributed by atoms with Crippen LogP contribution in [-0.2, 0) is 0 Å². The minimum Gasteiger partial charge on any atom is -0.0979 e. The molecule has 23 heavy (non-hydrogen) atoms. The quantitative estimate of drug-likeness (QED) is 0.373. The molecule has 2 heteroatoms. The van der Waals surface area contributed by atoms with Gasteiger partial charge in [0.05, 0.1) is 0 Å². The van der Waals surface area contributed by atoms with E-state index in [4.69, 9.17) is 7.85 Å². The van der Waals surface area contributed by atoms with Gasteiger partial charge in [-0.05, 0) is 49.1 Å². The second-order valence-corrected chi connectivity index (χ2v) is 6.39. The van der Waals surface area contributed by atoms with E-state index in [-0.39, 0.29) is 0 Å². The standard InChI is InChI=1S/C21H20BBr/c22-20-14-10-18(11-15-20)8-6-4-2-1-3-5-7-9-19-12-16-21(23)17-13-19/h7,9-17H,1-5H2. The van der Waals surface area contributed by atoms with Gasteiger partial charge in [-0.3, -0.25) is 0 Å². The highest BCUT2D eigenvalue weighted by Gasteiger charge is 1.89. The zero-order chi connectivity index (χ0) is 16.3. The third-order valence-electron chi connectivity index (χ3n) is 3.50. The Morgan fingerprint density at radius 2 is 1.65 bits per heavy atom. The van der Waals surface area contributed by atoms with Gasteiger partial charge in [-0.2, -0.15) is 0 Å². The number of allylic oxidation sites excluding steroid dienone is 1. The fourth-order valence-electron chi connectivity index (χ4n) is 2.18. The van der Waals surface area contributed by atoms with Gasteiger partial charge in [0.25, 0.3) is 0 Å². The zero-order valence-electron chi connectivity index (χ0n) is 13.3. The van der Waals surface area contributed by atoms with Crippen molar-refractivity contribution in [2.24, 2.45) is 0 Å². The van der Waals surface area contributed by atoms with Crippen LogP contribution in [0, 0.1) is 11.8 Å². The van der Waals surface area contributed by atoms with Crippen LogP contribution in [0.3, 0.4) is 0 Å². The first-order chi connectivity index (χ1) is 11.2. The van der Waals surface area contributed by atoms with Crippen molar-refractivity contribution in [2.75, 3.05) is 0 Å². The summed E-state index contributed by atoms with van der Waals surface area (Å²) in [6.45, 7) is 0. The monoisotopic (exact) mass is 362 g/mol. The van der Waals surface area contributed by atoms with Crippen LogP contribution in [0.4, 0.5) is 0 Å². The highest BCUT2D eigenvalue weighted by atomic mass is 79.9. The number of hydrogen-bond acceptors (Lipinski definition) is 0. The fraction of sp³-hybridized carbons (Fsp3) is 0.238. The molecule has 0 aliphatic carbocycles. The first-order valence-corrected chi connectivity index (χ1v) is 8.80. The van der Waals surface area contributed by atoms with Crippen molar-refractivity contribution in [3.63, 3.8) is 0 Å². The average Bonchev–Trinajstić information content (AvgIpc) is 2.56. The molecular weight excluding hydrogens is 343 g/mol. The summed E-state index contributed by atoms with van der Waals surface area (Å²) in [5, 5.41) is 0. The Morgan fingerprint density at radius 3 is 2.39 bits per heavy atom. The van der Waals surface area contributed by atoms with Gasteiger partial charge in [-0.1, -0.05) is 76.1 Å². The SMILES string of the molecule is [B]c1ccc(C#CCCCCCC=Cc2ccc(Br)cc2)cc1. The summed E-state index contributed by atoms with van der Waals surface area (Å²) in [4.78, 5) is 0. The Balaban J connectivity index is 1.57. The zero-order valence-corrected chi connectivity index (χ0v) is 14.9. The van der Waals surface area contributed by atoms with Crippen LogP contribution in [-0.4, -0.2) is 7.85 Å². The topological polar surface area (TPSA) is 0 Å². The minimum atomic E-state index is 0.784. The van der Waals surface area contributed by atoms with Crippen molar-refractivity contribution < 1.29 is 0 Å². The Bertz CT molecular complexity index is 673. The Morgan fingerprint density at radius 1 is 0.913 bits per heavy atom. The van der Waals surface area contributed by atoms with E-state index in [2.05, 4.69) is 64.2 Å². The van der Waals surface area contributed by atoms with E-state index in [9.17, 15) is 0 Å². The molecule has 2 aromatic carbocycles. The summed E-state index contributed by atoms with van der Waals surface area (Å²) < 4.78 is 1.12. The molecule has 0 nitrogen and oxygen atoms in total. The number of halogens is 1. The number of rotatable bonds is 6. The summed E-state index contributed by atoms with van der Waals surface area (Å²) in [6, 6.07) is 16.1. The summed E-state index contributed by atoms with van der Waals surface area (Å²) in [5.41, 5.74) is 3.07. The van der Waals surface area contributed by atoms with Gasteiger partial charge < -0.3 is 0 Å². The maximum absolute atomic E-state index is 5.65. The van der Waals surface area contributed by atoms with E-state index >= 15 is 0 Å². The lowest BCUT2D eigenvalue weighted by atomic mass is 9.95. The van der Waals surface area contributed by atoms with Crippen molar-refractivity contribution in [3.8, 4) is 11.8 Å². The van der Waals surface area contributed by atoms with E-state index in [0.29, 0.717) is 0 Å². The molecule has 114 valence electrons. The van der Waals surface area contributed by atoms with E-state index < -0.39 is 0 Å². The highest BCUT2D eigenvalue weighted by Crippen LogP contribution is 2.12. The molecule has 0 aliphatic heterocycles. The van der Waals surface area contributed by atoms with E-state index in [1.807, 2.05) is 24.3 Å². The summed E-state index contributed by atoms with van der Waals surface area (Å²) >= 11 is 3.45. The van der Waals surface area contributed by atoms with Crippen LogP contribution >= 0.6 is 15.9 Å². The Labute approximate surface area is 149 Å². The summed E-state index contributed by atoms with van der Waals surface area (Å²) in [7, 11) is 5.65. The number of hydrogen-bond donors (Lipinski definition) is 0. The smallest absolute Gasteiger partial charge is 0.0979 e. The van der Waals surface area contributed by atoms with Crippen molar-refractivity contribution in [3.05, 3.63) is 70.2 Å². The largest absolute Gasteiger partial charge is 0.113 e. The third kappa shape index (κ3) is 7.39. The molecule has 0 bridgehead atoms. The molecule has 0 amide bonds. The van der Waals surface area contributed by atoms with Gasteiger partial charge in [0, 0.05) is 16.5 Å². The maximum atomic E-state index is 5.65. The third-order valence-corrected chi connectivity index (χ3v) is 4.02. The molecule has 0 N–H and O–H groups in total.